The summed E-state index contributed by atoms with van der Waals surface area (Å²) in [4.78, 5) is 13.6. The molecular weight excluding hydrogens is 230 g/mol. The van der Waals surface area contributed by atoms with E-state index in [2.05, 4.69) is 5.32 Å². The molecule has 1 saturated heterocycles. The Morgan fingerprint density at radius 2 is 2.17 bits per heavy atom. The van der Waals surface area contributed by atoms with Crippen LogP contribution in [0.5, 0.6) is 5.75 Å². The quantitative estimate of drug-likeness (QED) is 0.840. The summed E-state index contributed by atoms with van der Waals surface area (Å²) in [5, 5.41) is 2.96. The van der Waals surface area contributed by atoms with Gasteiger partial charge in [-0.2, -0.15) is 0 Å². The predicted molar refractivity (Wildman–Crippen MR) is 69.5 cm³/mol. The molecule has 0 bridgehead atoms. The van der Waals surface area contributed by atoms with Gasteiger partial charge in [-0.1, -0.05) is 12.1 Å². The highest BCUT2D eigenvalue weighted by molar-refractivity contribution is 5.77. The van der Waals surface area contributed by atoms with Crippen LogP contribution in [-0.2, 0) is 0 Å². The fourth-order valence-corrected chi connectivity index (χ4v) is 2.09. The Kier molecular flexibility index (Phi) is 3.72. The molecule has 5 heteroatoms. The summed E-state index contributed by atoms with van der Waals surface area (Å²) in [5.74, 6) is 0.815. The Bertz CT molecular complexity index is 419. The maximum Gasteiger partial charge on any atom is 0.318 e. The number of hydrogen-bond acceptors (Lipinski definition) is 3. The van der Waals surface area contributed by atoms with E-state index in [0.717, 1.165) is 11.3 Å². The lowest BCUT2D eigenvalue weighted by Gasteiger charge is -2.21. The first-order chi connectivity index (χ1) is 8.65. The first-order valence-electron chi connectivity index (χ1n) is 6.07. The van der Waals surface area contributed by atoms with Crippen molar-refractivity contribution in [2.24, 2.45) is 5.73 Å². The summed E-state index contributed by atoms with van der Waals surface area (Å²) in [6.07, 6.45) is 0. The molecular formula is C13H19N3O2. The number of nitrogens with zero attached hydrogens (tertiary/aromatic N) is 1. The first-order valence-corrected chi connectivity index (χ1v) is 6.07. The van der Waals surface area contributed by atoms with Gasteiger partial charge in [-0.15, -0.1) is 0 Å². The maximum absolute atomic E-state index is 11.8. The van der Waals surface area contributed by atoms with E-state index >= 15 is 0 Å². The van der Waals surface area contributed by atoms with E-state index in [1.54, 1.807) is 12.0 Å². The molecule has 0 saturated carbocycles. The van der Waals surface area contributed by atoms with Crippen LogP contribution in [0, 0.1) is 0 Å². The molecule has 1 aromatic carbocycles. The van der Waals surface area contributed by atoms with Gasteiger partial charge in [-0.25, -0.2) is 4.79 Å². The molecule has 5 nitrogen and oxygen atoms in total. The van der Waals surface area contributed by atoms with Crippen LogP contribution in [0.25, 0.3) is 0 Å². The van der Waals surface area contributed by atoms with Crippen LogP contribution in [0.1, 0.15) is 18.5 Å². The highest BCUT2D eigenvalue weighted by atomic mass is 16.5. The van der Waals surface area contributed by atoms with Gasteiger partial charge in [0.1, 0.15) is 5.75 Å². The molecule has 0 aromatic heterocycles. The summed E-state index contributed by atoms with van der Waals surface area (Å²) in [6.45, 7) is 3.09. The first kappa shape index (κ1) is 12.7. The van der Waals surface area contributed by atoms with Crippen molar-refractivity contribution in [3.8, 4) is 5.75 Å². The molecule has 2 rings (SSSR count). The average molecular weight is 249 g/mol. The van der Waals surface area contributed by atoms with Gasteiger partial charge in [-0.05, 0) is 24.6 Å². The molecule has 1 fully saturated rings. The van der Waals surface area contributed by atoms with E-state index in [1.807, 2.05) is 31.2 Å². The highest BCUT2D eigenvalue weighted by Gasteiger charge is 2.32. The number of carbonyl (C=O) groups is 1. The van der Waals surface area contributed by atoms with Crippen molar-refractivity contribution in [2.75, 3.05) is 20.2 Å². The Hall–Kier alpha value is -1.75. The molecule has 98 valence electrons. The van der Waals surface area contributed by atoms with Crippen molar-refractivity contribution in [3.05, 3.63) is 29.8 Å². The van der Waals surface area contributed by atoms with E-state index in [9.17, 15) is 4.79 Å². The van der Waals surface area contributed by atoms with Crippen molar-refractivity contribution < 1.29 is 9.53 Å². The Morgan fingerprint density at radius 3 is 2.72 bits per heavy atom. The number of hydrogen-bond donors (Lipinski definition) is 2. The molecule has 1 heterocycles. The van der Waals surface area contributed by atoms with E-state index in [0.29, 0.717) is 13.1 Å². The molecule has 18 heavy (non-hydrogen) atoms. The molecule has 1 aliphatic heterocycles. The summed E-state index contributed by atoms with van der Waals surface area (Å²) in [5.41, 5.74) is 6.68. The minimum absolute atomic E-state index is 0.0254. The van der Waals surface area contributed by atoms with Gasteiger partial charge in [0.25, 0.3) is 0 Å². The van der Waals surface area contributed by atoms with E-state index in [-0.39, 0.29) is 18.1 Å². The summed E-state index contributed by atoms with van der Waals surface area (Å²) >= 11 is 0. The van der Waals surface area contributed by atoms with Gasteiger partial charge in [0.2, 0.25) is 0 Å². The minimum atomic E-state index is -0.0474. The van der Waals surface area contributed by atoms with Crippen molar-refractivity contribution in [3.63, 3.8) is 0 Å². The lowest BCUT2D eigenvalue weighted by Crippen LogP contribution is -2.40. The Balaban J connectivity index is 2.09. The Labute approximate surface area is 107 Å². The molecule has 2 amide bonds. The average Bonchev–Trinajstić information content (AvgIpc) is 2.80. The summed E-state index contributed by atoms with van der Waals surface area (Å²) in [7, 11) is 1.64. The molecule has 3 N–H and O–H groups in total. The number of methoxy groups -OCH3 is 1. The second-order valence-electron chi connectivity index (χ2n) is 4.51. The molecule has 1 aromatic rings. The van der Waals surface area contributed by atoms with Crippen LogP contribution in [0.4, 0.5) is 4.79 Å². The number of urea groups is 1. The van der Waals surface area contributed by atoms with Crippen molar-refractivity contribution in [2.45, 2.75) is 19.0 Å². The number of carbonyl (C=O) groups excluding carboxylic acids is 1. The van der Waals surface area contributed by atoms with Crippen LogP contribution in [0.15, 0.2) is 24.3 Å². The lowest BCUT2D eigenvalue weighted by atomic mass is 10.1. The number of benzene rings is 1. The van der Waals surface area contributed by atoms with Gasteiger partial charge >= 0.3 is 6.03 Å². The van der Waals surface area contributed by atoms with Gasteiger partial charge in [0, 0.05) is 19.1 Å². The third kappa shape index (κ3) is 2.41. The molecule has 0 radical (unpaired) electrons. The zero-order valence-electron chi connectivity index (χ0n) is 10.7. The highest BCUT2D eigenvalue weighted by Crippen LogP contribution is 2.23. The molecule has 0 aliphatic carbocycles. The normalized spacial score (nSPS) is 20.7. The molecule has 2 atom stereocenters. The summed E-state index contributed by atoms with van der Waals surface area (Å²) in [6, 6.07) is 7.78. The van der Waals surface area contributed by atoms with Crippen LogP contribution in [0.2, 0.25) is 0 Å². The SMILES string of the molecule is COc1ccc(C2CN(C(C)CN)C(=O)N2)cc1. The topological polar surface area (TPSA) is 67.6 Å². The van der Waals surface area contributed by atoms with Crippen LogP contribution in [-0.4, -0.2) is 37.2 Å². The molecule has 0 spiro atoms. The lowest BCUT2D eigenvalue weighted by molar-refractivity contribution is 0.203. The van der Waals surface area contributed by atoms with E-state index in [4.69, 9.17) is 10.5 Å². The minimum Gasteiger partial charge on any atom is -0.497 e. The second-order valence-corrected chi connectivity index (χ2v) is 4.51. The number of amides is 2. The number of ether oxygens (including phenoxy) is 1. The fraction of sp³-hybridized carbons (Fsp3) is 0.462. The third-order valence-electron chi connectivity index (χ3n) is 3.33. The van der Waals surface area contributed by atoms with E-state index < -0.39 is 0 Å². The van der Waals surface area contributed by atoms with Gasteiger partial charge < -0.3 is 20.7 Å². The molecule has 1 aliphatic rings. The predicted octanol–water partition coefficient (Wildman–Crippen LogP) is 1.11. The van der Waals surface area contributed by atoms with Crippen molar-refractivity contribution >= 4 is 6.03 Å². The van der Waals surface area contributed by atoms with Crippen LogP contribution in [0.3, 0.4) is 0 Å². The van der Waals surface area contributed by atoms with Gasteiger partial charge in [-0.3, -0.25) is 0 Å². The maximum atomic E-state index is 11.8. The summed E-state index contributed by atoms with van der Waals surface area (Å²) < 4.78 is 5.12. The van der Waals surface area contributed by atoms with Gasteiger partial charge in [0.05, 0.1) is 13.2 Å². The zero-order chi connectivity index (χ0) is 13.1. The van der Waals surface area contributed by atoms with Crippen LogP contribution < -0.4 is 15.8 Å². The van der Waals surface area contributed by atoms with Crippen molar-refractivity contribution in [1.82, 2.24) is 10.2 Å². The fourth-order valence-electron chi connectivity index (χ4n) is 2.09. The van der Waals surface area contributed by atoms with Crippen LogP contribution >= 0.6 is 0 Å². The molecule has 2 unspecified atom stereocenters. The Morgan fingerprint density at radius 1 is 1.50 bits per heavy atom. The number of nitrogens with one attached hydrogen (secondary N) is 1. The number of rotatable bonds is 4. The van der Waals surface area contributed by atoms with Gasteiger partial charge in [0.15, 0.2) is 0 Å². The van der Waals surface area contributed by atoms with E-state index in [1.165, 1.54) is 0 Å². The second kappa shape index (κ2) is 5.27. The largest absolute Gasteiger partial charge is 0.497 e. The monoisotopic (exact) mass is 249 g/mol. The third-order valence-corrected chi connectivity index (χ3v) is 3.33. The van der Waals surface area contributed by atoms with Crippen molar-refractivity contribution in [1.29, 1.82) is 0 Å². The zero-order valence-corrected chi connectivity index (χ0v) is 10.7. The number of nitrogens with two attached hydrogens (primary N) is 1. The standard InChI is InChI=1S/C13H19N3O2/c1-9(7-14)16-8-12(15-13(16)17)10-3-5-11(18-2)6-4-10/h3-6,9,12H,7-8,14H2,1-2H3,(H,15,17). The smallest absolute Gasteiger partial charge is 0.318 e.